The van der Waals surface area contributed by atoms with Gasteiger partial charge >= 0.3 is 0 Å². The molecule has 1 N–H and O–H groups in total. The summed E-state index contributed by atoms with van der Waals surface area (Å²) in [5, 5.41) is 2.85. The van der Waals surface area contributed by atoms with Crippen molar-refractivity contribution in [3.05, 3.63) is 59.7 Å². The van der Waals surface area contributed by atoms with Gasteiger partial charge in [-0.3, -0.25) is 9.59 Å². The molecule has 9 heteroatoms. The second-order valence-electron chi connectivity index (χ2n) is 8.26. The van der Waals surface area contributed by atoms with Crippen molar-refractivity contribution in [1.82, 2.24) is 14.5 Å². The van der Waals surface area contributed by atoms with Crippen molar-refractivity contribution in [2.75, 3.05) is 27.2 Å². The maximum absolute atomic E-state index is 13.3. The van der Waals surface area contributed by atoms with E-state index < -0.39 is 22.0 Å². The van der Waals surface area contributed by atoms with E-state index in [2.05, 4.69) is 5.32 Å². The number of likely N-dealkylation sites (N-methyl/N-ethyl adjacent to an activating group) is 1. The Labute approximate surface area is 202 Å². The monoisotopic (exact) mass is 489 g/mol. The van der Waals surface area contributed by atoms with Gasteiger partial charge in [0, 0.05) is 20.1 Å². The van der Waals surface area contributed by atoms with E-state index in [9.17, 15) is 18.0 Å². The standard InChI is InChI=1S/C25H35N3O5S/c1-6-7-16-26-25(30)20(3)28(17-21-10-12-22(33-5)13-11-21)24(29)18-27(4)34(31,32)23-14-8-19(2)9-15-23/h8-15,20H,6-7,16-18H2,1-5H3,(H,26,30). The molecule has 0 bridgehead atoms. The Kier molecular flexibility index (Phi) is 10.1. The van der Waals surface area contributed by atoms with Gasteiger partial charge in [0.15, 0.2) is 0 Å². The molecule has 0 aliphatic rings. The first kappa shape index (κ1) is 27.3. The lowest BCUT2D eigenvalue weighted by Gasteiger charge is -2.30. The summed E-state index contributed by atoms with van der Waals surface area (Å²) >= 11 is 0. The Balaban J connectivity index is 2.23. The number of benzene rings is 2. The number of aryl methyl sites for hydroxylation is 1. The number of ether oxygens (including phenoxy) is 1. The summed E-state index contributed by atoms with van der Waals surface area (Å²) in [6.45, 7) is 5.83. The smallest absolute Gasteiger partial charge is 0.243 e. The van der Waals surface area contributed by atoms with Gasteiger partial charge in [0.05, 0.1) is 18.6 Å². The molecule has 8 nitrogen and oxygen atoms in total. The number of hydrogen-bond donors (Lipinski definition) is 1. The largest absolute Gasteiger partial charge is 0.497 e. The first-order valence-electron chi connectivity index (χ1n) is 11.3. The van der Waals surface area contributed by atoms with E-state index >= 15 is 0 Å². The second-order valence-corrected chi connectivity index (χ2v) is 10.3. The molecule has 0 radical (unpaired) electrons. The summed E-state index contributed by atoms with van der Waals surface area (Å²) in [6, 6.07) is 12.9. The van der Waals surface area contributed by atoms with E-state index in [-0.39, 0.29) is 23.9 Å². The highest BCUT2D eigenvalue weighted by atomic mass is 32.2. The summed E-state index contributed by atoms with van der Waals surface area (Å²) in [5.74, 6) is -0.0672. The van der Waals surface area contributed by atoms with Gasteiger partial charge in [-0.05, 0) is 50.1 Å². The summed E-state index contributed by atoms with van der Waals surface area (Å²) < 4.78 is 32.1. The highest BCUT2D eigenvalue weighted by molar-refractivity contribution is 7.89. The Hall–Kier alpha value is -2.91. The zero-order chi connectivity index (χ0) is 25.3. The summed E-state index contributed by atoms with van der Waals surface area (Å²) in [5.41, 5.74) is 1.73. The van der Waals surface area contributed by atoms with E-state index in [1.165, 1.54) is 24.1 Å². The van der Waals surface area contributed by atoms with Crippen LogP contribution in [0.5, 0.6) is 5.75 Å². The van der Waals surface area contributed by atoms with E-state index in [4.69, 9.17) is 4.74 Å². The fourth-order valence-corrected chi connectivity index (χ4v) is 4.42. The van der Waals surface area contributed by atoms with Crippen LogP contribution >= 0.6 is 0 Å². The molecule has 1 unspecified atom stereocenters. The lowest BCUT2D eigenvalue weighted by atomic mass is 10.1. The highest BCUT2D eigenvalue weighted by Crippen LogP contribution is 2.18. The molecular weight excluding hydrogens is 454 g/mol. The van der Waals surface area contributed by atoms with E-state index in [0.717, 1.165) is 28.3 Å². The maximum Gasteiger partial charge on any atom is 0.243 e. The second kappa shape index (κ2) is 12.5. The van der Waals surface area contributed by atoms with Crippen LogP contribution in [-0.4, -0.2) is 62.7 Å². The van der Waals surface area contributed by atoms with Crippen molar-refractivity contribution < 1.29 is 22.7 Å². The molecule has 34 heavy (non-hydrogen) atoms. The molecule has 0 aliphatic carbocycles. The fraction of sp³-hybridized carbons (Fsp3) is 0.440. The summed E-state index contributed by atoms with van der Waals surface area (Å²) in [7, 11) is -0.928. The molecule has 0 aliphatic heterocycles. The zero-order valence-electron chi connectivity index (χ0n) is 20.6. The minimum absolute atomic E-state index is 0.112. The third-order valence-corrected chi connectivity index (χ3v) is 7.41. The van der Waals surface area contributed by atoms with Gasteiger partial charge in [0.2, 0.25) is 21.8 Å². The van der Waals surface area contributed by atoms with Crippen molar-refractivity contribution in [2.24, 2.45) is 0 Å². The van der Waals surface area contributed by atoms with Crippen LogP contribution in [0.4, 0.5) is 0 Å². The van der Waals surface area contributed by atoms with Gasteiger partial charge in [-0.2, -0.15) is 4.31 Å². The van der Waals surface area contributed by atoms with Gasteiger partial charge in [0.25, 0.3) is 0 Å². The molecule has 0 saturated carbocycles. The lowest BCUT2D eigenvalue weighted by Crippen LogP contribution is -2.50. The number of carbonyl (C=O) groups is 2. The zero-order valence-corrected chi connectivity index (χ0v) is 21.4. The number of methoxy groups -OCH3 is 1. The molecule has 0 heterocycles. The topological polar surface area (TPSA) is 96.0 Å². The van der Waals surface area contributed by atoms with Gasteiger partial charge in [-0.15, -0.1) is 0 Å². The number of amides is 2. The number of carbonyl (C=O) groups excluding carboxylic acids is 2. The molecule has 0 fully saturated rings. The van der Waals surface area contributed by atoms with E-state index in [1.807, 2.05) is 26.0 Å². The van der Waals surface area contributed by atoms with Crippen molar-refractivity contribution in [3.63, 3.8) is 0 Å². The average Bonchev–Trinajstić information content (AvgIpc) is 2.82. The molecule has 186 valence electrons. The number of unbranched alkanes of at least 4 members (excludes halogenated alkanes) is 1. The number of rotatable bonds is 12. The Morgan fingerprint density at radius 2 is 1.68 bits per heavy atom. The molecule has 0 saturated heterocycles. The van der Waals surface area contributed by atoms with Crippen molar-refractivity contribution in [3.8, 4) is 5.75 Å². The maximum atomic E-state index is 13.3. The number of nitrogens with one attached hydrogen (secondary N) is 1. The van der Waals surface area contributed by atoms with Crippen molar-refractivity contribution in [2.45, 2.75) is 51.1 Å². The quantitative estimate of drug-likeness (QED) is 0.463. The van der Waals surface area contributed by atoms with Crippen LogP contribution in [0.25, 0.3) is 0 Å². The molecule has 1 atom stereocenters. The van der Waals surface area contributed by atoms with Crippen molar-refractivity contribution in [1.29, 1.82) is 0 Å². The van der Waals surface area contributed by atoms with Gasteiger partial charge in [-0.25, -0.2) is 8.42 Å². The Morgan fingerprint density at radius 3 is 2.24 bits per heavy atom. The summed E-state index contributed by atoms with van der Waals surface area (Å²) in [6.07, 6.45) is 1.77. The Bertz CT molecular complexity index is 1050. The number of hydrogen-bond acceptors (Lipinski definition) is 5. The van der Waals surface area contributed by atoms with Crippen LogP contribution in [0.3, 0.4) is 0 Å². The van der Waals surface area contributed by atoms with Crippen LogP contribution in [0.1, 0.15) is 37.8 Å². The third-order valence-electron chi connectivity index (χ3n) is 5.60. The Morgan fingerprint density at radius 1 is 1.06 bits per heavy atom. The average molecular weight is 490 g/mol. The molecular formula is C25H35N3O5S. The normalized spacial score (nSPS) is 12.3. The van der Waals surface area contributed by atoms with Gasteiger partial charge < -0.3 is 15.0 Å². The lowest BCUT2D eigenvalue weighted by molar-refractivity contribution is -0.140. The molecule has 0 spiro atoms. The van der Waals surface area contributed by atoms with Gasteiger partial charge in [-0.1, -0.05) is 43.2 Å². The molecule has 0 aromatic heterocycles. The minimum atomic E-state index is -3.86. The predicted octanol–water partition coefficient (Wildman–Crippen LogP) is 2.96. The van der Waals surface area contributed by atoms with Crippen LogP contribution in [-0.2, 0) is 26.2 Å². The van der Waals surface area contributed by atoms with Crippen LogP contribution < -0.4 is 10.1 Å². The number of nitrogens with zero attached hydrogens (tertiary/aromatic N) is 2. The third kappa shape index (κ3) is 7.30. The first-order chi connectivity index (χ1) is 16.1. The fourth-order valence-electron chi connectivity index (χ4n) is 3.30. The highest BCUT2D eigenvalue weighted by Gasteiger charge is 2.30. The van der Waals surface area contributed by atoms with Gasteiger partial charge in [0.1, 0.15) is 11.8 Å². The van der Waals surface area contributed by atoms with Crippen LogP contribution in [0.2, 0.25) is 0 Å². The molecule has 2 amide bonds. The SMILES string of the molecule is CCCCNC(=O)C(C)N(Cc1ccc(OC)cc1)C(=O)CN(C)S(=O)(=O)c1ccc(C)cc1. The number of sulfonamides is 1. The molecule has 2 aromatic carbocycles. The van der Waals surface area contributed by atoms with Crippen LogP contribution in [0.15, 0.2) is 53.4 Å². The van der Waals surface area contributed by atoms with E-state index in [1.54, 1.807) is 38.3 Å². The predicted molar refractivity (Wildman–Crippen MR) is 132 cm³/mol. The molecule has 2 aromatic rings. The summed E-state index contributed by atoms with van der Waals surface area (Å²) in [4.78, 5) is 27.6. The van der Waals surface area contributed by atoms with E-state index in [0.29, 0.717) is 12.3 Å². The molecule has 2 rings (SSSR count). The first-order valence-corrected chi connectivity index (χ1v) is 12.8. The minimum Gasteiger partial charge on any atom is -0.497 e. The van der Waals surface area contributed by atoms with Crippen LogP contribution in [0, 0.1) is 6.92 Å². The van der Waals surface area contributed by atoms with Crippen molar-refractivity contribution >= 4 is 21.8 Å².